The Labute approximate surface area is 711 Å². The second-order valence-corrected chi connectivity index (χ2v) is 38.9. The van der Waals surface area contributed by atoms with Crippen molar-refractivity contribution in [2.75, 3.05) is 26.4 Å². The number of fused-ring (bicyclic) bond motifs is 10. The molecule has 2 aromatic rings. The highest BCUT2D eigenvalue weighted by atomic mass is 16.6. The standard InChI is InChI=1S/C98H138O22/c1-11-109-91(107)45-61(3)55-111-71-31-27-65(28-32-71)47-67-19-13-15-21-81(67)119-89(105)39-25-63(5)75-35-37-77-93-79(53-85(115-59-101)97(75,77)9)95(7)43-41-73(49-69(95)51-83(93)113-57-99)117-87(103)23-17-18-24-88(104)118-74-42-44-96(8)70(50-74)52-84(114-58-100)94-78-38-36-76(98(78,10)86(116-60-102)54-80(94)96)64(6)26-40-90(106)120-82-22-16-14-20-68(82)48-66-29-33-72(34-30-66)112-56-62(4)46-92(108)110-12-2/h27-34,45-46,57-60,63-64,67-70,73-86,93-94H,11-26,35-44,47-56H2,1-10H3/b61-45-,62-46-/t63-,64-,67-,68-,69+,70+,73-,74-,75-,76-,77+,78+,79+,80+,81-,82-,83-,84-,85+,86+,93+,94+,95+,96+,97-,98-/m1/s1. The lowest BCUT2D eigenvalue weighted by Gasteiger charge is -2.64. The van der Waals surface area contributed by atoms with Crippen LogP contribution in [0.3, 0.4) is 0 Å². The lowest BCUT2D eigenvalue weighted by molar-refractivity contribution is -0.219. The molecule has 120 heavy (non-hydrogen) atoms. The zero-order valence-corrected chi connectivity index (χ0v) is 73.2. The van der Waals surface area contributed by atoms with E-state index in [1.165, 1.54) is 12.2 Å². The van der Waals surface area contributed by atoms with E-state index in [1.807, 2.05) is 38.1 Å². The van der Waals surface area contributed by atoms with E-state index in [0.717, 1.165) is 125 Å². The van der Waals surface area contributed by atoms with Gasteiger partial charge in [0.1, 0.15) is 73.5 Å². The van der Waals surface area contributed by atoms with Crippen LogP contribution in [0, 0.1) is 105 Å². The highest BCUT2D eigenvalue weighted by molar-refractivity contribution is 5.83. The number of benzene rings is 2. The van der Waals surface area contributed by atoms with Crippen LogP contribution in [-0.2, 0) is 108 Å². The predicted molar refractivity (Wildman–Crippen MR) is 446 cm³/mol. The Morgan fingerprint density at radius 2 is 0.800 bits per heavy atom. The van der Waals surface area contributed by atoms with Crippen LogP contribution in [0.4, 0.5) is 0 Å². The van der Waals surface area contributed by atoms with Gasteiger partial charge in [0.25, 0.3) is 25.9 Å². The molecule has 22 nitrogen and oxygen atoms in total. The van der Waals surface area contributed by atoms with Gasteiger partial charge in [-0.1, -0.05) is 78.6 Å². The number of unbranched alkanes of at least 4 members (excludes halogenated alkanes) is 1. The second-order valence-electron chi connectivity index (χ2n) is 38.9. The Kier molecular flexibility index (Phi) is 31.7. The van der Waals surface area contributed by atoms with E-state index in [4.69, 9.17) is 56.8 Å². The number of hydrogen-bond acceptors (Lipinski definition) is 22. The van der Waals surface area contributed by atoms with Crippen molar-refractivity contribution in [2.45, 2.75) is 324 Å². The Bertz CT molecular complexity index is 3620. The van der Waals surface area contributed by atoms with Crippen LogP contribution in [0.2, 0.25) is 0 Å². The van der Waals surface area contributed by atoms with Gasteiger partial charge in [-0.2, -0.15) is 0 Å². The quantitative estimate of drug-likeness (QED) is 0.0198. The molecule has 0 N–H and O–H groups in total. The Hall–Kier alpha value is -7.78. The highest BCUT2D eigenvalue weighted by Crippen LogP contribution is 2.72. The molecule has 10 aliphatic carbocycles. The minimum atomic E-state index is -0.427. The summed E-state index contributed by atoms with van der Waals surface area (Å²) in [6.07, 6.45) is 23.1. The number of carbonyl (C=O) groups is 10. The Morgan fingerprint density at radius 1 is 0.425 bits per heavy atom. The van der Waals surface area contributed by atoms with Gasteiger partial charge in [0, 0.05) is 60.5 Å². The zero-order valence-electron chi connectivity index (χ0n) is 73.2. The van der Waals surface area contributed by atoms with Gasteiger partial charge in [0.15, 0.2) is 0 Å². The van der Waals surface area contributed by atoms with Gasteiger partial charge in [-0.25, -0.2) is 9.59 Å². The van der Waals surface area contributed by atoms with E-state index in [0.29, 0.717) is 128 Å². The average molecular weight is 1670 g/mol. The van der Waals surface area contributed by atoms with Crippen molar-refractivity contribution >= 4 is 61.7 Å². The monoisotopic (exact) mass is 1670 g/mol. The third-order valence-corrected chi connectivity index (χ3v) is 32.3. The van der Waals surface area contributed by atoms with Crippen molar-refractivity contribution in [3.63, 3.8) is 0 Å². The zero-order chi connectivity index (χ0) is 85.5. The lowest BCUT2D eigenvalue weighted by atomic mass is 9.43. The van der Waals surface area contributed by atoms with Gasteiger partial charge >= 0.3 is 35.8 Å². The van der Waals surface area contributed by atoms with Gasteiger partial charge in [0.05, 0.1) is 13.2 Å². The first-order valence-corrected chi connectivity index (χ1v) is 46.0. The first-order chi connectivity index (χ1) is 57.8. The maximum Gasteiger partial charge on any atom is 0.330 e. The molecule has 10 aliphatic rings. The number of esters is 6. The molecule has 0 bridgehead atoms. The molecule has 0 heterocycles. The van der Waals surface area contributed by atoms with Crippen LogP contribution in [0.5, 0.6) is 11.5 Å². The smallest absolute Gasteiger partial charge is 0.330 e. The second kappa shape index (κ2) is 41.6. The summed E-state index contributed by atoms with van der Waals surface area (Å²) in [5.74, 6) is 1.16. The van der Waals surface area contributed by atoms with E-state index < -0.39 is 10.8 Å². The first-order valence-electron chi connectivity index (χ1n) is 46.0. The maximum atomic E-state index is 13.9. The maximum absolute atomic E-state index is 13.9. The minimum absolute atomic E-state index is 0.0359. The van der Waals surface area contributed by atoms with Crippen LogP contribution >= 0.6 is 0 Å². The van der Waals surface area contributed by atoms with Gasteiger partial charge in [0.2, 0.25) is 0 Å². The van der Waals surface area contributed by atoms with E-state index >= 15 is 0 Å². The molecular formula is C98H138O22. The van der Waals surface area contributed by atoms with Gasteiger partial charge < -0.3 is 56.8 Å². The first kappa shape index (κ1) is 91.4. The molecule has 0 amide bonds. The van der Waals surface area contributed by atoms with Crippen LogP contribution < -0.4 is 9.47 Å². The summed E-state index contributed by atoms with van der Waals surface area (Å²) in [7, 11) is 0. The van der Waals surface area contributed by atoms with Crippen LogP contribution in [-0.4, -0.2) is 137 Å². The van der Waals surface area contributed by atoms with E-state index in [1.54, 1.807) is 13.8 Å². The predicted octanol–water partition coefficient (Wildman–Crippen LogP) is 17.6. The topological polar surface area (TPSA) is 281 Å². The van der Waals surface area contributed by atoms with Crippen molar-refractivity contribution in [1.29, 1.82) is 0 Å². The van der Waals surface area contributed by atoms with Crippen LogP contribution in [0.15, 0.2) is 71.8 Å². The molecular weight excluding hydrogens is 1530 g/mol. The summed E-state index contributed by atoms with van der Waals surface area (Å²) < 4.78 is 71.9. The summed E-state index contributed by atoms with van der Waals surface area (Å²) in [4.78, 5) is 129. The summed E-state index contributed by atoms with van der Waals surface area (Å²) in [5.41, 5.74) is 2.56. The van der Waals surface area contributed by atoms with Crippen molar-refractivity contribution in [2.24, 2.45) is 105 Å². The molecule has 12 rings (SSSR count). The van der Waals surface area contributed by atoms with E-state index in [2.05, 4.69) is 65.8 Å². The summed E-state index contributed by atoms with van der Waals surface area (Å²) >= 11 is 0. The number of carbonyl (C=O) groups excluding carboxylic acids is 10. The lowest BCUT2D eigenvalue weighted by Crippen LogP contribution is -2.63. The summed E-state index contributed by atoms with van der Waals surface area (Å²) in [6.45, 7) is 24.4. The van der Waals surface area contributed by atoms with Crippen molar-refractivity contribution in [1.82, 2.24) is 0 Å². The third kappa shape index (κ3) is 21.2. The van der Waals surface area contributed by atoms with Crippen molar-refractivity contribution < 1.29 is 105 Å². The third-order valence-electron chi connectivity index (χ3n) is 32.3. The molecule has 0 spiro atoms. The van der Waals surface area contributed by atoms with Crippen LogP contribution in [0.25, 0.3) is 0 Å². The summed E-state index contributed by atoms with van der Waals surface area (Å²) in [5, 5.41) is 0. The average Bonchev–Trinajstić information content (AvgIpc) is 1.19. The fourth-order valence-electron chi connectivity index (χ4n) is 26.3. The molecule has 0 unspecified atom stereocenters. The molecule has 0 radical (unpaired) electrons. The molecule has 26 atom stereocenters. The van der Waals surface area contributed by atoms with Gasteiger partial charge in [-0.3, -0.25) is 38.4 Å². The highest BCUT2D eigenvalue weighted by Gasteiger charge is 2.70. The molecule has 0 saturated heterocycles. The Morgan fingerprint density at radius 3 is 1.18 bits per heavy atom. The SMILES string of the molecule is CCOC(=O)/C=C(/C)COc1ccc(C[C@H]2CCCC[C@H]2OC(=O)CC[C@@H](C)[C@H]2CC[C@H]3[C@@H]4[C@H](OC=O)C[C@@H]5C[C@H](OC(=O)CCCCC(=O)O[C@@H]6CC[C@@]7(C)[C@@H](C6)C[C@@H](OC=O)[C@@H]6[C@@H]7C[C@H](OC=O)[C@]7(C)[C@@H]([C@H](C)CCC(=O)O[C@@H]8CCCC[C@@H]8Cc8ccc(OC/C(C)=C\C(=O)OCC)cc8)CC[C@@H]67)CC[C@]5(C)[C@H]4C[C@H](OC=O)[C@]23C)cc1. The Balaban J connectivity index is 0.577. The largest absolute Gasteiger partial charge is 0.489 e. The normalized spacial score (nSPS) is 35.5. The van der Waals surface area contributed by atoms with Gasteiger partial charge in [-0.15, -0.1) is 0 Å². The van der Waals surface area contributed by atoms with Crippen molar-refractivity contribution in [3.05, 3.63) is 83.0 Å². The molecule has 662 valence electrons. The molecule has 0 aromatic heterocycles. The van der Waals surface area contributed by atoms with Crippen molar-refractivity contribution in [3.8, 4) is 11.5 Å². The fourth-order valence-corrected chi connectivity index (χ4v) is 26.3. The molecule has 2 aromatic carbocycles. The minimum Gasteiger partial charge on any atom is -0.489 e. The molecule has 22 heteroatoms. The fraction of sp³-hybridized carbons (Fsp3) is 0.735. The van der Waals surface area contributed by atoms with E-state index in [9.17, 15) is 47.9 Å². The molecule has 0 aliphatic heterocycles. The van der Waals surface area contributed by atoms with Gasteiger partial charge in [-0.05, 0) is 323 Å². The number of rotatable bonds is 39. The molecule has 10 saturated carbocycles. The molecule has 10 fully saturated rings. The number of hydrogen-bond donors (Lipinski definition) is 0. The summed E-state index contributed by atoms with van der Waals surface area (Å²) in [6, 6.07) is 16.0. The van der Waals surface area contributed by atoms with Crippen LogP contribution in [0.1, 0.15) is 273 Å². The van der Waals surface area contributed by atoms with E-state index in [-0.39, 0.29) is 217 Å². The number of ether oxygens (including phenoxy) is 12.